The molecule has 2 rings (SSSR count). The van der Waals surface area contributed by atoms with Crippen LogP contribution in [0.4, 0.5) is 5.69 Å². The summed E-state index contributed by atoms with van der Waals surface area (Å²) in [7, 11) is 0. The Morgan fingerprint density at radius 1 is 1.43 bits per heavy atom. The molecule has 0 radical (unpaired) electrons. The number of aliphatic imine (C=N–C) groups is 1. The Kier molecular flexibility index (Phi) is 5.48. The molecule has 23 heavy (non-hydrogen) atoms. The molecule has 1 N–H and O–H groups in total. The second-order valence-corrected chi connectivity index (χ2v) is 5.47. The van der Waals surface area contributed by atoms with E-state index in [0.717, 1.165) is 11.3 Å². The van der Waals surface area contributed by atoms with E-state index in [1.54, 1.807) is 31.2 Å². The molecule has 0 aliphatic carbocycles. The van der Waals surface area contributed by atoms with Crippen LogP contribution in [0.15, 0.2) is 46.7 Å². The molecule has 7 heteroatoms. The summed E-state index contributed by atoms with van der Waals surface area (Å²) in [5.41, 5.74) is 1.03. The number of aromatic nitrogens is 1. The molecule has 0 unspecified atom stereocenters. The lowest BCUT2D eigenvalue weighted by molar-refractivity contribution is 0.0526. The molecule has 0 bridgehead atoms. The molecule has 0 fully saturated rings. The first-order valence-corrected chi connectivity index (χ1v) is 7.73. The summed E-state index contributed by atoms with van der Waals surface area (Å²) in [4.78, 5) is 27.5. The summed E-state index contributed by atoms with van der Waals surface area (Å²) < 4.78 is 6.11. The number of allylic oxidation sites excluding steroid dienone is 1. The highest BCUT2D eigenvalue weighted by Crippen LogP contribution is 2.20. The molecule has 0 aliphatic rings. The molecule has 0 spiro atoms. The van der Waals surface area contributed by atoms with Gasteiger partial charge >= 0.3 is 10.8 Å². The standard InChI is InChI=1S/C16H16N2O4S/c1-3-9-18-14(19)13(23-16(18)21)10-17-12-7-5-11(6-8-12)15(20)22-4-2/h3,5-8,10,19H,1,4,9H2,2H3. The van der Waals surface area contributed by atoms with E-state index in [-0.39, 0.29) is 23.3 Å². The van der Waals surface area contributed by atoms with E-state index in [1.165, 1.54) is 16.9 Å². The second kappa shape index (κ2) is 7.55. The Labute approximate surface area is 137 Å². The molecule has 1 aromatic heterocycles. The van der Waals surface area contributed by atoms with Crippen LogP contribution in [0.3, 0.4) is 0 Å². The fraction of sp³-hybridized carbons (Fsp3) is 0.188. The Hall–Kier alpha value is -2.67. The molecule has 0 aliphatic heterocycles. The lowest BCUT2D eigenvalue weighted by Crippen LogP contribution is -2.10. The van der Waals surface area contributed by atoms with Crippen molar-refractivity contribution in [1.82, 2.24) is 4.57 Å². The van der Waals surface area contributed by atoms with E-state index < -0.39 is 0 Å². The molecule has 2 aromatic rings. The van der Waals surface area contributed by atoms with E-state index in [0.29, 0.717) is 22.7 Å². The molecule has 120 valence electrons. The van der Waals surface area contributed by atoms with Crippen molar-refractivity contribution in [3.8, 4) is 5.88 Å². The molecule has 0 atom stereocenters. The summed E-state index contributed by atoms with van der Waals surface area (Å²) in [5.74, 6) is -0.521. The van der Waals surface area contributed by atoms with Crippen LogP contribution in [0, 0.1) is 0 Å². The summed E-state index contributed by atoms with van der Waals surface area (Å²) in [6.07, 6.45) is 2.95. The monoisotopic (exact) mass is 332 g/mol. The average molecular weight is 332 g/mol. The van der Waals surface area contributed by atoms with Gasteiger partial charge in [0.15, 0.2) is 0 Å². The number of thiazole rings is 1. The first-order chi connectivity index (χ1) is 11.1. The van der Waals surface area contributed by atoms with Gasteiger partial charge in [0.2, 0.25) is 5.88 Å². The zero-order valence-electron chi connectivity index (χ0n) is 12.6. The highest BCUT2D eigenvalue weighted by molar-refractivity contribution is 7.11. The largest absolute Gasteiger partial charge is 0.493 e. The fourth-order valence-corrected chi connectivity index (χ4v) is 2.59. The van der Waals surface area contributed by atoms with Crippen LogP contribution < -0.4 is 4.87 Å². The zero-order chi connectivity index (χ0) is 16.8. The third-order valence-corrected chi connectivity index (χ3v) is 3.82. The summed E-state index contributed by atoms with van der Waals surface area (Å²) in [5, 5.41) is 9.97. The predicted octanol–water partition coefficient (Wildman–Crippen LogP) is 2.73. The highest BCUT2D eigenvalue weighted by atomic mass is 32.1. The van der Waals surface area contributed by atoms with Crippen LogP contribution in [0.2, 0.25) is 0 Å². The van der Waals surface area contributed by atoms with Crippen molar-refractivity contribution >= 4 is 29.2 Å². The first-order valence-electron chi connectivity index (χ1n) is 6.91. The van der Waals surface area contributed by atoms with Gasteiger partial charge in [-0.05, 0) is 31.2 Å². The molecule has 0 saturated carbocycles. The second-order valence-electron chi connectivity index (χ2n) is 4.48. The van der Waals surface area contributed by atoms with Crippen molar-refractivity contribution in [2.45, 2.75) is 13.5 Å². The minimum absolute atomic E-state index is 0.133. The van der Waals surface area contributed by atoms with Crippen LogP contribution in [0.1, 0.15) is 22.2 Å². The van der Waals surface area contributed by atoms with Gasteiger partial charge in [0.05, 0.1) is 24.1 Å². The summed E-state index contributed by atoms with van der Waals surface area (Å²) in [6.45, 7) is 5.84. The Bertz CT molecular complexity index is 787. The van der Waals surface area contributed by atoms with Gasteiger partial charge in [-0.2, -0.15) is 0 Å². The third-order valence-electron chi connectivity index (χ3n) is 2.91. The Morgan fingerprint density at radius 2 is 2.13 bits per heavy atom. The number of aromatic hydroxyl groups is 1. The van der Waals surface area contributed by atoms with Crippen molar-refractivity contribution < 1.29 is 14.6 Å². The maximum atomic E-state index is 11.7. The number of rotatable bonds is 6. The van der Waals surface area contributed by atoms with E-state index in [4.69, 9.17) is 4.74 Å². The van der Waals surface area contributed by atoms with Crippen molar-refractivity contribution in [2.24, 2.45) is 4.99 Å². The van der Waals surface area contributed by atoms with Gasteiger partial charge in [-0.25, -0.2) is 4.79 Å². The molecule has 6 nitrogen and oxygen atoms in total. The number of hydrogen-bond acceptors (Lipinski definition) is 6. The lowest BCUT2D eigenvalue weighted by atomic mass is 10.2. The minimum Gasteiger partial charge on any atom is -0.493 e. The van der Waals surface area contributed by atoms with Gasteiger partial charge in [-0.1, -0.05) is 17.4 Å². The smallest absolute Gasteiger partial charge is 0.338 e. The minimum atomic E-state index is -0.389. The van der Waals surface area contributed by atoms with E-state index in [9.17, 15) is 14.7 Å². The highest BCUT2D eigenvalue weighted by Gasteiger charge is 2.11. The molecule has 0 saturated heterocycles. The Morgan fingerprint density at radius 3 is 2.74 bits per heavy atom. The average Bonchev–Trinajstić information content (AvgIpc) is 2.81. The maximum Gasteiger partial charge on any atom is 0.338 e. The van der Waals surface area contributed by atoms with Gasteiger partial charge in [0, 0.05) is 6.54 Å². The third kappa shape index (κ3) is 3.95. The van der Waals surface area contributed by atoms with E-state index in [1.807, 2.05) is 0 Å². The van der Waals surface area contributed by atoms with Crippen LogP contribution in [0.5, 0.6) is 5.88 Å². The lowest BCUT2D eigenvalue weighted by Gasteiger charge is -2.01. The SMILES string of the molecule is C=CCn1c(O)c(C=Nc2ccc(C(=O)OCC)cc2)sc1=O. The molecule has 1 aromatic carbocycles. The van der Waals surface area contributed by atoms with Gasteiger partial charge < -0.3 is 9.84 Å². The van der Waals surface area contributed by atoms with Crippen LogP contribution in [0.25, 0.3) is 0 Å². The number of ether oxygens (including phenoxy) is 1. The van der Waals surface area contributed by atoms with Crippen molar-refractivity contribution in [3.63, 3.8) is 0 Å². The van der Waals surface area contributed by atoms with E-state index >= 15 is 0 Å². The van der Waals surface area contributed by atoms with Gasteiger partial charge in [-0.15, -0.1) is 6.58 Å². The van der Waals surface area contributed by atoms with Gasteiger partial charge in [0.25, 0.3) is 0 Å². The van der Waals surface area contributed by atoms with Crippen molar-refractivity contribution in [2.75, 3.05) is 6.61 Å². The zero-order valence-corrected chi connectivity index (χ0v) is 13.4. The number of carbonyl (C=O) groups is 1. The normalized spacial score (nSPS) is 10.8. The fourth-order valence-electron chi connectivity index (χ4n) is 1.82. The number of hydrogen-bond donors (Lipinski definition) is 1. The molecule has 1 heterocycles. The number of benzene rings is 1. The topological polar surface area (TPSA) is 80.9 Å². The summed E-state index contributed by atoms with van der Waals surface area (Å²) in [6, 6.07) is 6.53. The molecular formula is C16H16N2O4S. The molecule has 0 amide bonds. The number of esters is 1. The van der Waals surface area contributed by atoms with Crippen LogP contribution in [-0.2, 0) is 11.3 Å². The van der Waals surface area contributed by atoms with Crippen LogP contribution >= 0.6 is 11.3 Å². The Balaban J connectivity index is 2.17. The van der Waals surface area contributed by atoms with Gasteiger partial charge in [-0.3, -0.25) is 14.4 Å². The van der Waals surface area contributed by atoms with Gasteiger partial charge in [0.1, 0.15) is 4.88 Å². The molecular weight excluding hydrogens is 316 g/mol. The first kappa shape index (κ1) is 16.7. The number of carbonyl (C=O) groups excluding carboxylic acids is 1. The van der Waals surface area contributed by atoms with Crippen molar-refractivity contribution in [3.05, 3.63) is 57.0 Å². The summed E-state index contributed by atoms with van der Waals surface area (Å²) >= 11 is 0.901. The van der Waals surface area contributed by atoms with Crippen LogP contribution in [-0.4, -0.2) is 28.5 Å². The quantitative estimate of drug-likeness (QED) is 0.501. The maximum absolute atomic E-state index is 11.7. The van der Waals surface area contributed by atoms with Crippen molar-refractivity contribution in [1.29, 1.82) is 0 Å². The number of nitrogens with zero attached hydrogens (tertiary/aromatic N) is 2. The predicted molar refractivity (Wildman–Crippen MR) is 90.1 cm³/mol. The van der Waals surface area contributed by atoms with E-state index in [2.05, 4.69) is 11.6 Å².